The number of para-hydroxylation sites is 2. The molecule has 5 nitrogen and oxygen atoms in total. The molecular formula is C25H32N2O3S. The molecule has 0 fully saturated rings. The van der Waals surface area contributed by atoms with Gasteiger partial charge in [-0.05, 0) is 47.9 Å². The van der Waals surface area contributed by atoms with Crippen LogP contribution in [-0.2, 0) is 4.79 Å². The Balaban J connectivity index is 1.44. The number of carbonyl (C=O) groups is 1. The number of unbranched alkanes of at least 4 members (excludes halogenated alkanes) is 2. The van der Waals surface area contributed by atoms with E-state index in [-0.39, 0.29) is 11.7 Å². The molecule has 6 heteroatoms. The van der Waals surface area contributed by atoms with Crippen LogP contribution in [0, 0.1) is 0 Å². The molecule has 166 valence electrons. The number of rotatable bonds is 10. The van der Waals surface area contributed by atoms with Crippen LogP contribution in [0.25, 0.3) is 11.1 Å². The summed E-state index contributed by atoms with van der Waals surface area (Å²) in [4.78, 5) is 16.9. The quantitative estimate of drug-likeness (QED) is 0.260. The number of aromatic nitrogens is 1. The van der Waals surface area contributed by atoms with E-state index in [1.807, 2.05) is 0 Å². The fourth-order valence-electron chi connectivity index (χ4n) is 3.60. The van der Waals surface area contributed by atoms with Crippen molar-refractivity contribution in [3.8, 4) is 5.75 Å². The molecule has 0 spiro atoms. The molecule has 0 unspecified atom stereocenters. The number of thioether (sulfide) groups is 1. The Hall–Kier alpha value is -2.47. The molecule has 0 radical (unpaired) electrons. The van der Waals surface area contributed by atoms with Crippen LogP contribution < -0.4 is 5.32 Å². The van der Waals surface area contributed by atoms with Crippen molar-refractivity contribution in [1.82, 2.24) is 4.98 Å². The van der Waals surface area contributed by atoms with E-state index in [0.29, 0.717) is 34.6 Å². The summed E-state index contributed by atoms with van der Waals surface area (Å²) in [5, 5.41) is 13.6. The van der Waals surface area contributed by atoms with E-state index in [0.717, 1.165) is 30.7 Å². The molecule has 0 bridgehead atoms. The predicted octanol–water partition coefficient (Wildman–Crippen LogP) is 7.07. The van der Waals surface area contributed by atoms with Crippen molar-refractivity contribution < 1.29 is 14.3 Å². The van der Waals surface area contributed by atoms with Crippen LogP contribution in [0.15, 0.2) is 46.0 Å². The van der Waals surface area contributed by atoms with Gasteiger partial charge in [0.25, 0.3) is 5.22 Å². The second-order valence-electron chi connectivity index (χ2n) is 8.43. The minimum Gasteiger partial charge on any atom is -0.506 e. The normalized spacial score (nSPS) is 11.5. The maximum absolute atomic E-state index is 12.6. The number of fused-ring (bicyclic) bond motifs is 1. The first-order valence-electron chi connectivity index (χ1n) is 11.0. The maximum Gasteiger partial charge on any atom is 0.256 e. The van der Waals surface area contributed by atoms with Crippen molar-refractivity contribution in [3.63, 3.8) is 0 Å². The molecule has 2 aromatic carbocycles. The molecule has 2 N–H and O–H groups in total. The van der Waals surface area contributed by atoms with Crippen molar-refractivity contribution >= 4 is 34.5 Å². The molecule has 1 aromatic heterocycles. The lowest BCUT2D eigenvalue weighted by Gasteiger charge is -2.20. The highest BCUT2D eigenvalue weighted by Crippen LogP contribution is 2.33. The standard InChI is InChI=1S/C25H32N2O3S/c1-16(2)18-10-8-11-19(17(3)4)23(18)26-22(29)14-6-5-7-15-31-25-27-24-20(28)12-9-13-21(24)30-25/h8-13,16-17,28H,5-7,14-15H2,1-4H3,(H,26,29). The molecule has 31 heavy (non-hydrogen) atoms. The topological polar surface area (TPSA) is 75.4 Å². The summed E-state index contributed by atoms with van der Waals surface area (Å²) in [7, 11) is 0. The summed E-state index contributed by atoms with van der Waals surface area (Å²) in [6.45, 7) is 8.63. The van der Waals surface area contributed by atoms with Gasteiger partial charge in [0.2, 0.25) is 5.91 Å². The minimum absolute atomic E-state index is 0.0806. The van der Waals surface area contributed by atoms with Crippen molar-refractivity contribution in [3.05, 3.63) is 47.5 Å². The summed E-state index contributed by atoms with van der Waals surface area (Å²) in [6, 6.07) is 11.4. The van der Waals surface area contributed by atoms with Crippen LogP contribution in [0.2, 0.25) is 0 Å². The SMILES string of the molecule is CC(C)c1cccc(C(C)C)c1NC(=O)CCCCCSc1nc2c(O)cccc2o1. The highest BCUT2D eigenvalue weighted by atomic mass is 32.2. The Kier molecular flexibility index (Phi) is 8.02. The Labute approximate surface area is 188 Å². The van der Waals surface area contributed by atoms with E-state index in [1.165, 1.54) is 22.9 Å². The largest absolute Gasteiger partial charge is 0.506 e. The van der Waals surface area contributed by atoms with E-state index < -0.39 is 0 Å². The molecule has 1 amide bonds. The lowest BCUT2D eigenvalue weighted by molar-refractivity contribution is -0.116. The van der Waals surface area contributed by atoms with E-state index in [9.17, 15) is 9.90 Å². The number of nitrogens with one attached hydrogen (secondary N) is 1. The molecule has 0 atom stereocenters. The first-order chi connectivity index (χ1) is 14.9. The molecular weight excluding hydrogens is 408 g/mol. The van der Waals surface area contributed by atoms with E-state index in [1.54, 1.807) is 18.2 Å². The van der Waals surface area contributed by atoms with Crippen molar-refractivity contribution in [2.24, 2.45) is 0 Å². The number of amides is 1. The van der Waals surface area contributed by atoms with Crippen molar-refractivity contribution in [1.29, 1.82) is 0 Å². The fraction of sp³-hybridized carbons (Fsp3) is 0.440. The third-order valence-electron chi connectivity index (χ3n) is 5.29. The average molecular weight is 441 g/mol. The number of hydrogen-bond donors (Lipinski definition) is 2. The second kappa shape index (κ2) is 10.7. The lowest BCUT2D eigenvalue weighted by Crippen LogP contribution is -2.15. The zero-order chi connectivity index (χ0) is 22.4. The van der Waals surface area contributed by atoms with Gasteiger partial charge in [-0.25, -0.2) is 0 Å². The third-order valence-corrected chi connectivity index (χ3v) is 6.20. The Morgan fingerprint density at radius 2 is 1.71 bits per heavy atom. The van der Waals surface area contributed by atoms with Gasteiger partial charge >= 0.3 is 0 Å². The Morgan fingerprint density at radius 3 is 2.35 bits per heavy atom. The minimum atomic E-state index is 0.0806. The highest BCUT2D eigenvalue weighted by Gasteiger charge is 2.16. The number of phenolic OH excluding ortho intramolecular Hbond substituents is 1. The molecule has 3 aromatic rings. The molecule has 0 aliphatic rings. The zero-order valence-corrected chi connectivity index (χ0v) is 19.6. The summed E-state index contributed by atoms with van der Waals surface area (Å²) in [6.07, 6.45) is 3.31. The maximum atomic E-state index is 12.6. The molecule has 1 heterocycles. The van der Waals surface area contributed by atoms with E-state index in [4.69, 9.17) is 4.42 Å². The number of oxazole rings is 1. The number of anilines is 1. The monoisotopic (exact) mass is 440 g/mol. The predicted molar refractivity (Wildman–Crippen MR) is 128 cm³/mol. The van der Waals surface area contributed by atoms with Gasteiger partial charge in [0, 0.05) is 17.9 Å². The summed E-state index contributed by atoms with van der Waals surface area (Å²) >= 11 is 1.54. The van der Waals surface area contributed by atoms with Crippen LogP contribution >= 0.6 is 11.8 Å². The summed E-state index contributed by atoms with van der Waals surface area (Å²) in [5.74, 6) is 1.80. The third kappa shape index (κ3) is 6.03. The Morgan fingerprint density at radius 1 is 1.03 bits per heavy atom. The fourth-order valence-corrected chi connectivity index (χ4v) is 4.42. The van der Waals surface area contributed by atoms with Crippen LogP contribution in [0.1, 0.15) is 76.3 Å². The zero-order valence-electron chi connectivity index (χ0n) is 18.8. The van der Waals surface area contributed by atoms with Gasteiger partial charge in [0.05, 0.1) is 0 Å². The molecule has 3 rings (SSSR count). The second-order valence-corrected chi connectivity index (χ2v) is 9.48. The van der Waals surface area contributed by atoms with Gasteiger partial charge in [-0.2, -0.15) is 4.98 Å². The lowest BCUT2D eigenvalue weighted by atomic mass is 9.92. The number of hydrogen-bond acceptors (Lipinski definition) is 5. The number of benzene rings is 2. The first-order valence-corrected chi connectivity index (χ1v) is 12.0. The highest BCUT2D eigenvalue weighted by molar-refractivity contribution is 7.99. The van der Waals surface area contributed by atoms with Gasteiger partial charge in [0.15, 0.2) is 11.1 Å². The summed E-state index contributed by atoms with van der Waals surface area (Å²) in [5.41, 5.74) is 4.48. The van der Waals surface area contributed by atoms with Crippen LogP contribution in [-0.4, -0.2) is 21.8 Å². The van der Waals surface area contributed by atoms with Gasteiger partial charge < -0.3 is 14.8 Å². The number of aromatic hydroxyl groups is 1. The van der Waals surface area contributed by atoms with Crippen LogP contribution in [0.3, 0.4) is 0 Å². The van der Waals surface area contributed by atoms with Gasteiger partial charge in [0.1, 0.15) is 5.75 Å². The van der Waals surface area contributed by atoms with Gasteiger partial charge in [-0.1, -0.05) is 70.1 Å². The van der Waals surface area contributed by atoms with Crippen LogP contribution in [0.5, 0.6) is 5.75 Å². The van der Waals surface area contributed by atoms with Crippen LogP contribution in [0.4, 0.5) is 5.69 Å². The molecule has 0 aliphatic heterocycles. The Bertz CT molecular complexity index is 1000. The van der Waals surface area contributed by atoms with E-state index in [2.05, 4.69) is 56.2 Å². The average Bonchev–Trinajstić information content (AvgIpc) is 3.14. The summed E-state index contributed by atoms with van der Waals surface area (Å²) < 4.78 is 5.65. The molecule has 0 saturated heterocycles. The first kappa shape index (κ1) is 23.2. The smallest absolute Gasteiger partial charge is 0.256 e. The van der Waals surface area contributed by atoms with Crippen molar-refractivity contribution in [2.75, 3.05) is 11.1 Å². The molecule has 0 saturated carbocycles. The number of carbonyl (C=O) groups excluding carboxylic acids is 1. The number of phenols is 1. The van der Waals surface area contributed by atoms with Crippen molar-refractivity contribution in [2.45, 2.75) is 70.4 Å². The van der Waals surface area contributed by atoms with E-state index >= 15 is 0 Å². The van der Waals surface area contributed by atoms with Gasteiger partial charge in [-0.15, -0.1) is 0 Å². The molecule has 0 aliphatic carbocycles. The number of nitrogens with zero attached hydrogens (tertiary/aromatic N) is 1. The van der Waals surface area contributed by atoms with Gasteiger partial charge in [-0.3, -0.25) is 4.79 Å².